The minimum Gasteiger partial charge on any atom is -0.481 e. The number of nitrogens with zero attached hydrogens (tertiary/aromatic N) is 1. The highest BCUT2D eigenvalue weighted by atomic mass is 19.4. The number of alkyl halides is 3. The van der Waals surface area contributed by atoms with Crippen LogP contribution in [-0.4, -0.2) is 41.1 Å². The smallest absolute Gasteiger partial charge is 0.403 e. The predicted molar refractivity (Wildman–Crippen MR) is 54.7 cm³/mol. The Hall–Kier alpha value is -1.27. The number of carboxylic acids is 1. The number of carbonyl (C=O) groups excluding carboxylic acids is 1. The van der Waals surface area contributed by atoms with Gasteiger partial charge in [0.25, 0.3) is 0 Å². The summed E-state index contributed by atoms with van der Waals surface area (Å²) >= 11 is 0. The van der Waals surface area contributed by atoms with E-state index in [1.807, 2.05) is 0 Å². The van der Waals surface area contributed by atoms with Crippen LogP contribution in [-0.2, 0) is 9.59 Å². The molecular formula is C11H14F3NO3. The molecule has 1 saturated carbocycles. The minimum atomic E-state index is -4.49. The van der Waals surface area contributed by atoms with E-state index >= 15 is 0 Å². The Kier molecular flexibility index (Phi) is 3.03. The van der Waals surface area contributed by atoms with E-state index in [9.17, 15) is 22.8 Å². The molecule has 0 aromatic carbocycles. The number of aliphatic carboxylic acids is 1. The van der Waals surface area contributed by atoms with Crippen LogP contribution in [0, 0.1) is 11.3 Å². The Morgan fingerprint density at radius 2 is 1.67 bits per heavy atom. The Morgan fingerprint density at radius 3 is 2.00 bits per heavy atom. The summed E-state index contributed by atoms with van der Waals surface area (Å²) in [5, 5.41) is 8.78. The van der Waals surface area contributed by atoms with Gasteiger partial charge in [-0.1, -0.05) is 0 Å². The zero-order valence-corrected chi connectivity index (χ0v) is 9.66. The second-order valence-corrected chi connectivity index (χ2v) is 4.98. The highest BCUT2D eigenvalue weighted by molar-refractivity contribution is 5.86. The molecule has 0 unspecified atom stereocenters. The van der Waals surface area contributed by atoms with Gasteiger partial charge in [0.2, 0.25) is 5.91 Å². The molecule has 2 rings (SSSR count). The third-order valence-corrected chi connectivity index (χ3v) is 3.83. The Morgan fingerprint density at radius 1 is 1.17 bits per heavy atom. The first-order chi connectivity index (χ1) is 8.28. The molecule has 0 bridgehead atoms. The van der Waals surface area contributed by atoms with E-state index in [1.54, 1.807) is 0 Å². The van der Waals surface area contributed by atoms with Crippen molar-refractivity contribution in [1.82, 2.24) is 4.90 Å². The van der Waals surface area contributed by atoms with Gasteiger partial charge in [0.05, 0.1) is 5.92 Å². The van der Waals surface area contributed by atoms with Crippen molar-refractivity contribution in [3.05, 3.63) is 0 Å². The van der Waals surface area contributed by atoms with Crippen molar-refractivity contribution in [3.63, 3.8) is 0 Å². The van der Waals surface area contributed by atoms with E-state index in [1.165, 1.54) is 4.90 Å². The lowest BCUT2D eigenvalue weighted by Gasteiger charge is -2.33. The van der Waals surface area contributed by atoms with E-state index in [2.05, 4.69) is 0 Å². The third-order valence-electron chi connectivity index (χ3n) is 3.83. The number of carboxylic acid groups (broad SMARTS) is 1. The van der Waals surface area contributed by atoms with Crippen LogP contribution in [0.1, 0.15) is 25.7 Å². The number of carbonyl (C=O) groups is 2. The summed E-state index contributed by atoms with van der Waals surface area (Å²) < 4.78 is 38.3. The lowest BCUT2D eigenvalue weighted by molar-refractivity contribution is -0.199. The molecule has 18 heavy (non-hydrogen) atoms. The maximum absolute atomic E-state index is 12.8. The summed E-state index contributed by atoms with van der Waals surface area (Å²) in [6.07, 6.45) is -4.32. The molecule has 1 aliphatic heterocycles. The molecule has 1 amide bonds. The lowest BCUT2D eigenvalue weighted by Crippen LogP contribution is -2.48. The molecule has 0 radical (unpaired) electrons. The molecule has 0 atom stereocenters. The first-order valence-corrected chi connectivity index (χ1v) is 5.87. The average Bonchev–Trinajstić information content (AvgIpc) is 3.08. The van der Waals surface area contributed by atoms with Crippen LogP contribution < -0.4 is 0 Å². The molecule has 4 nitrogen and oxygen atoms in total. The van der Waals surface area contributed by atoms with Crippen LogP contribution in [0.5, 0.6) is 0 Å². The molecule has 2 aliphatic rings. The topological polar surface area (TPSA) is 57.6 Å². The Bertz CT molecular complexity index is 368. The number of rotatable bonds is 2. The molecule has 2 fully saturated rings. The summed E-state index contributed by atoms with van der Waals surface area (Å²) in [7, 11) is 0. The van der Waals surface area contributed by atoms with Crippen molar-refractivity contribution in [1.29, 1.82) is 0 Å². The molecule has 1 aliphatic carbocycles. The van der Waals surface area contributed by atoms with Crippen molar-refractivity contribution in [2.75, 3.05) is 13.1 Å². The summed E-state index contributed by atoms with van der Waals surface area (Å²) in [5.74, 6) is -2.37. The zero-order chi connectivity index (χ0) is 13.6. The van der Waals surface area contributed by atoms with Crippen molar-refractivity contribution < 1.29 is 27.9 Å². The number of halogens is 3. The van der Waals surface area contributed by atoms with Gasteiger partial charge in [0.15, 0.2) is 0 Å². The molecule has 0 aromatic rings. The number of amides is 1. The molecule has 0 aromatic heterocycles. The van der Waals surface area contributed by atoms with E-state index in [-0.39, 0.29) is 38.8 Å². The van der Waals surface area contributed by atoms with Crippen LogP contribution >= 0.6 is 0 Å². The highest BCUT2D eigenvalue weighted by Crippen LogP contribution is 2.58. The van der Waals surface area contributed by atoms with Crippen molar-refractivity contribution in [3.8, 4) is 0 Å². The second-order valence-electron chi connectivity index (χ2n) is 4.98. The van der Waals surface area contributed by atoms with Gasteiger partial charge in [-0.3, -0.25) is 9.59 Å². The highest BCUT2D eigenvalue weighted by Gasteiger charge is 2.69. The van der Waals surface area contributed by atoms with Crippen molar-refractivity contribution in [2.24, 2.45) is 11.3 Å². The molecule has 102 valence electrons. The number of hydrogen-bond donors (Lipinski definition) is 1. The van der Waals surface area contributed by atoms with Gasteiger partial charge in [0.1, 0.15) is 5.41 Å². The largest absolute Gasteiger partial charge is 0.481 e. The van der Waals surface area contributed by atoms with E-state index in [0.717, 1.165) is 0 Å². The molecule has 0 spiro atoms. The van der Waals surface area contributed by atoms with Crippen molar-refractivity contribution >= 4 is 11.9 Å². The molecule has 1 saturated heterocycles. The SMILES string of the molecule is O=C(O)C1CCN(C(=O)C2(C(F)(F)F)CC2)CC1. The van der Waals surface area contributed by atoms with Gasteiger partial charge < -0.3 is 10.0 Å². The monoisotopic (exact) mass is 265 g/mol. The fourth-order valence-electron chi connectivity index (χ4n) is 2.38. The first-order valence-electron chi connectivity index (χ1n) is 5.87. The predicted octanol–water partition coefficient (Wildman–Crippen LogP) is 1.65. The summed E-state index contributed by atoms with van der Waals surface area (Å²) in [6, 6.07) is 0. The summed E-state index contributed by atoms with van der Waals surface area (Å²) in [4.78, 5) is 23.7. The minimum absolute atomic E-state index is 0.105. The van der Waals surface area contributed by atoms with Gasteiger partial charge in [0, 0.05) is 13.1 Å². The third kappa shape index (κ3) is 2.06. The standard InChI is InChI=1S/C11H14F3NO3/c12-11(13,14)10(3-4-10)9(18)15-5-1-7(2-6-15)8(16)17/h7H,1-6H2,(H,16,17). The number of likely N-dealkylation sites (tertiary alicyclic amines) is 1. The molecule has 1 N–H and O–H groups in total. The molecule has 1 heterocycles. The van der Waals surface area contributed by atoms with Crippen LogP contribution in [0.4, 0.5) is 13.2 Å². The average molecular weight is 265 g/mol. The quantitative estimate of drug-likeness (QED) is 0.826. The Balaban J connectivity index is 1.99. The molecule has 7 heteroatoms. The maximum atomic E-state index is 12.8. The van der Waals surface area contributed by atoms with Crippen LogP contribution in [0.25, 0.3) is 0 Å². The van der Waals surface area contributed by atoms with Crippen LogP contribution in [0.15, 0.2) is 0 Å². The normalized spacial score (nSPS) is 23.8. The first kappa shape index (κ1) is 13.2. The molecular weight excluding hydrogens is 251 g/mol. The van der Waals surface area contributed by atoms with Crippen molar-refractivity contribution in [2.45, 2.75) is 31.9 Å². The second kappa shape index (κ2) is 4.13. The van der Waals surface area contributed by atoms with Gasteiger partial charge in [-0.05, 0) is 25.7 Å². The van der Waals surface area contributed by atoms with Crippen LogP contribution in [0.3, 0.4) is 0 Å². The van der Waals surface area contributed by atoms with Gasteiger partial charge in [-0.15, -0.1) is 0 Å². The fraction of sp³-hybridized carbons (Fsp3) is 0.818. The van der Waals surface area contributed by atoms with Gasteiger partial charge in [-0.25, -0.2) is 0 Å². The van der Waals surface area contributed by atoms with Gasteiger partial charge in [-0.2, -0.15) is 13.2 Å². The van der Waals surface area contributed by atoms with E-state index in [4.69, 9.17) is 5.11 Å². The van der Waals surface area contributed by atoms with E-state index in [0.29, 0.717) is 0 Å². The fourth-order valence-corrected chi connectivity index (χ4v) is 2.38. The van der Waals surface area contributed by atoms with Crippen LogP contribution in [0.2, 0.25) is 0 Å². The number of piperidine rings is 1. The maximum Gasteiger partial charge on any atom is 0.403 e. The summed E-state index contributed by atoms with van der Waals surface area (Å²) in [6.45, 7) is 0.210. The Labute approximate surface area is 102 Å². The lowest BCUT2D eigenvalue weighted by atomic mass is 9.95. The number of hydrogen-bond acceptors (Lipinski definition) is 2. The summed E-state index contributed by atoms with van der Waals surface area (Å²) in [5.41, 5.74) is -2.18. The van der Waals surface area contributed by atoms with E-state index < -0.39 is 29.4 Å². The zero-order valence-electron chi connectivity index (χ0n) is 9.66. The van der Waals surface area contributed by atoms with Gasteiger partial charge >= 0.3 is 12.1 Å².